The number of hydrogen-bond acceptors (Lipinski definition) is 3. The van der Waals surface area contributed by atoms with Gasteiger partial charge in [-0.15, -0.1) is 0 Å². The van der Waals surface area contributed by atoms with Crippen molar-refractivity contribution in [2.45, 2.75) is 6.18 Å². The third-order valence-corrected chi connectivity index (χ3v) is 1.91. The van der Waals surface area contributed by atoms with Crippen LogP contribution in [-0.4, -0.2) is 18.5 Å². The van der Waals surface area contributed by atoms with Gasteiger partial charge in [-0.25, -0.2) is 0 Å². The summed E-state index contributed by atoms with van der Waals surface area (Å²) in [5, 5.41) is 1.53. The Balaban J connectivity index is 2.67. The SMILES string of the molecule is COc1ccc(NN=C(Cl)C(F)(F)F)cc1. The van der Waals surface area contributed by atoms with Crippen LogP contribution >= 0.6 is 11.6 Å². The van der Waals surface area contributed by atoms with Gasteiger partial charge in [-0.1, -0.05) is 11.6 Å². The summed E-state index contributed by atoms with van der Waals surface area (Å²) < 4.78 is 40.7. The first-order valence-corrected chi connectivity index (χ1v) is 4.51. The van der Waals surface area contributed by atoms with Gasteiger partial charge in [-0.05, 0) is 24.3 Å². The maximum Gasteiger partial charge on any atom is 0.446 e. The highest BCUT2D eigenvalue weighted by atomic mass is 35.5. The number of hydrogen-bond donors (Lipinski definition) is 1. The van der Waals surface area contributed by atoms with E-state index in [-0.39, 0.29) is 0 Å². The Hall–Kier alpha value is -1.43. The zero-order chi connectivity index (χ0) is 12.2. The standard InChI is InChI=1S/C9H8ClF3N2O/c1-16-7-4-2-6(3-5-7)14-15-8(10)9(11,12)13/h2-5,14H,1H3. The molecular weight excluding hydrogens is 245 g/mol. The lowest BCUT2D eigenvalue weighted by Crippen LogP contribution is -2.18. The van der Waals surface area contributed by atoms with Crippen LogP contribution in [0.5, 0.6) is 5.75 Å². The molecule has 0 amide bonds. The molecule has 0 aliphatic carbocycles. The molecule has 0 heterocycles. The summed E-state index contributed by atoms with van der Waals surface area (Å²) in [6.45, 7) is 0. The number of alkyl halides is 3. The van der Waals surface area contributed by atoms with Crippen LogP contribution in [0.1, 0.15) is 0 Å². The minimum absolute atomic E-state index is 0.378. The van der Waals surface area contributed by atoms with Crippen LogP contribution in [0, 0.1) is 0 Å². The number of methoxy groups -OCH3 is 1. The van der Waals surface area contributed by atoms with E-state index in [1.807, 2.05) is 0 Å². The molecule has 0 spiro atoms. The van der Waals surface area contributed by atoms with Gasteiger partial charge in [0, 0.05) is 0 Å². The lowest BCUT2D eigenvalue weighted by atomic mass is 10.3. The van der Waals surface area contributed by atoms with E-state index < -0.39 is 11.3 Å². The Bertz CT molecular complexity index is 375. The largest absolute Gasteiger partial charge is 0.497 e. The predicted molar refractivity (Wildman–Crippen MR) is 56.0 cm³/mol. The van der Waals surface area contributed by atoms with Crippen molar-refractivity contribution in [3.05, 3.63) is 24.3 Å². The van der Waals surface area contributed by atoms with Crippen LogP contribution in [-0.2, 0) is 0 Å². The Morgan fingerprint density at radius 1 is 1.31 bits per heavy atom. The quantitative estimate of drug-likeness (QED) is 0.662. The average Bonchev–Trinajstić information content (AvgIpc) is 2.25. The van der Waals surface area contributed by atoms with Gasteiger partial charge in [-0.3, -0.25) is 5.43 Å². The second-order valence-electron chi connectivity index (χ2n) is 2.74. The average molecular weight is 253 g/mol. The highest BCUT2D eigenvalue weighted by Gasteiger charge is 2.34. The first kappa shape index (κ1) is 12.6. The molecule has 0 aliphatic rings. The van der Waals surface area contributed by atoms with E-state index in [0.717, 1.165) is 0 Å². The summed E-state index contributed by atoms with van der Waals surface area (Å²) in [5.41, 5.74) is 2.56. The fraction of sp³-hybridized carbons (Fsp3) is 0.222. The maximum atomic E-state index is 11.9. The number of halogens is 4. The van der Waals surface area contributed by atoms with Gasteiger partial charge in [0.15, 0.2) is 0 Å². The van der Waals surface area contributed by atoms with Crippen molar-refractivity contribution in [2.24, 2.45) is 5.10 Å². The molecule has 0 bridgehead atoms. The number of ether oxygens (including phenoxy) is 1. The maximum absolute atomic E-state index is 11.9. The van der Waals surface area contributed by atoms with Gasteiger partial charge < -0.3 is 4.74 Å². The number of nitrogens with one attached hydrogen (secondary N) is 1. The normalized spacial score (nSPS) is 12.4. The number of benzene rings is 1. The van der Waals surface area contributed by atoms with Crippen LogP contribution in [0.4, 0.5) is 18.9 Å². The zero-order valence-electron chi connectivity index (χ0n) is 8.18. The van der Waals surface area contributed by atoms with Crippen molar-refractivity contribution >= 4 is 22.5 Å². The first-order chi connectivity index (χ1) is 7.43. The summed E-state index contributed by atoms with van der Waals surface area (Å²) in [6, 6.07) is 6.20. The lowest BCUT2D eigenvalue weighted by molar-refractivity contribution is -0.0559. The Labute approximate surface area is 94.9 Å². The van der Waals surface area contributed by atoms with E-state index in [1.54, 1.807) is 12.1 Å². The fourth-order valence-electron chi connectivity index (χ4n) is 0.843. The van der Waals surface area contributed by atoms with E-state index in [1.165, 1.54) is 19.2 Å². The van der Waals surface area contributed by atoms with E-state index in [0.29, 0.717) is 11.4 Å². The molecule has 0 fully saturated rings. The molecule has 0 atom stereocenters. The highest BCUT2D eigenvalue weighted by molar-refractivity contribution is 6.66. The molecular formula is C9H8ClF3N2O. The summed E-state index contributed by atoms with van der Waals surface area (Å²) in [6.07, 6.45) is -4.64. The minimum Gasteiger partial charge on any atom is -0.497 e. The smallest absolute Gasteiger partial charge is 0.446 e. The molecule has 1 aromatic rings. The first-order valence-electron chi connectivity index (χ1n) is 4.14. The highest BCUT2D eigenvalue weighted by Crippen LogP contribution is 2.20. The topological polar surface area (TPSA) is 33.6 Å². The van der Waals surface area contributed by atoms with E-state index >= 15 is 0 Å². The van der Waals surface area contributed by atoms with Gasteiger partial charge in [0.05, 0.1) is 12.8 Å². The molecule has 0 saturated heterocycles. The molecule has 0 aliphatic heterocycles. The third kappa shape index (κ3) is 3.62. The van der Waals surface area contributed by atoms with Crippen LogP contribution in [0.2, 0.25) is 0 Å². The van der Waals surface area contributed by atoms with Gasteiger partial charge in [0.2, 0.25) is 5.17 Å². The molecule has 0 aromatic heterocycles. The molecule has 3 nitrogen and oxygen atoms in total. The van der Waals surface area contributed by atoms with E-state index in [4.69, 9.17) is 16.3 Å². The van der Waals surface area contributed by atoms with Gasteiger partial charge >= 0.3 is 6.18 Å². The lowest BCUT2D eigenvalue weighted by Gasteiger charge is -2.05. The second kappa shape index (κ2) is 5.07. The fourth-order valence-corrected chi connectivity index (χ4v) is 0.885. The number of hydrazone groups is 1. The number of rotatable bonds is 3. The molecule has 1 aromatic carbocycles. The second-order valence-corrected chi connectivity index (χ2v) is 3.10. The monoisotopic (exact) mass is 252 g/mol. The Kier molecular flexibility index (Phi) is 4.00. The van der Waals surface area contributed by atoms with E-state index in [2.05, 4.69) is 10.5 Å². The molecule has 7 heteroatoms. The van der Waals surface area contributed by atoms with Gasteiger partial charge in [0.25, 0.3) is 0 Å². The van der Waals surface area contributed by atoms with E-state index in [9.17, 15) is 13.2 Å². The molecule has 0 radical (unpaired) electrons. The predicted octanol–water partition coefficient (Wildman–Crippen LogP) is 3.22. The van der Waals surface area contributed by atoms with Crippen LogP contribution < -0.4 is 10.2 Å². The molecule has 1 N–H and O–H groups in total. The van der Waals surface area contributed by atoms with Crippen molar-refractivity contribution in [2.75, 3.05) is 12.5 Å². The molecule has 1 rings (SSSR count). The van der Waals surface area contributed by atoms with Crippen LogP contribution in [0.3, 0.4) is 0 Å². The molecule has 0 saturated carbocycles. The van der Waals surface area contributed by atoms with Crippen molar-refractivity contribution < 1.29 is 17.9 Å². The van der Waals surface area contributed by atoms with Crippen molar-refractivity contribution in [1.29, 1.82) is 0 Å². The number of nitrogens with zero attached hydrogens (tertiary/aromatic N) is 1. The molecule has 16 heavy (non-hydrogen) atoms. The molecule has 88 valence electrons. The third-order valence-electron chi connectivity index (χ3n) is 1.61. The summed E-state index contributed by atoms with van der Waals surface area (Å²) in [5.74, 6) is 0.594. The molecule has 0 unspecified atom stereocenters. The van der Waals surface area contributed by atoms with Gasteiger partial charge in [-0.2, -0.15) is 18.3 Å². The van der Waals surface area contributed by atoms with Crippen LogP contribution in [0.25, 0.3) is 0 Å². The Morgan fingerprint density at radius 3 is 2.31 bits per heavy atom. The zero-order valence-corrected chi connectivity index (χ0v) is 8.93. The minimum atomic E-state index is -4.64. The van der Waals surface area contributed by atoms with Gasteiger partial charge in [0.1, 0.15) is 5.75 Å². The number of anilines is 1. The van der Waals surface area contributed by atoms with Crippen molar-refractivity contribution in [3.8, 4) is 5.75 Å². The summed E-state index contributed by atoms with van der Waals surface area (Å²) in [7, 11) is 1.49. The summed E-state index contributed by atoms with van der Waals surface area (Å²) in [4.78, 5) is 0. The van der Waals surface area contributed by atoms with Crippen molar-refractivity contribution in [3.63, 3.8) is 0 Å². The summed E-state index contributed by atoms with van der Waals surface area (Å²) >= 11 is 4.90. The van der Waals surface area contributed by atoms with Crippen molar-refractivity contribution in [1.82, 2.24) is 0 Å². The Morgan fingerprint density at radius 2 is 1.88 bits per heavy atom. The van der Waals surface area contributed by atoms with Crippen LogP contribution in [0.15, 0.2) is 29.4 Å².